The zero-order chi connectivity index (χ0) is 17.3. The molecule has 1 saturated heterocycles. The van der Waals surface area contributed by atoms with Gasteiger partial charge in [-0.15, -0.1) is 0 Å². The third-order valence-electron chi connectivity index (χ3n) is 4.39. The molecule has 2 aromatic carbocycles. The summed E-state index contributed by atoms with van der Waals surface area (Å²) >= 11 is 0. The lowest BCUT2D eigenvalue weighted by molar-refractivity contribution is 0.384. The topological polar surface area (TPSA) is 40.6 Å². The first-order valence-corrected chi connectivity index (χ1v) is 9.40. The van der Waals surface area contributed by atoms with Gasteiger partial charge in [0.15, 0.2) is 0 Å². The number of hydrogen-bond donors (Lipinski definition) is 0. The number of rotatable bonds is 3. The number of hydrogen-bond acceptors (Lipinski definition) is 3. The highest BCUT2D eigenvalue weighted by atomic mass is 32.2. The van der Waals surface area contributed by atoms with Crippen molar-refractivity contribution < 1.29 is 12.8 Å². The molecule has 128 valence electrons. The number of piperazine rings is 1. The van der Waals surface area contributed by atoms with Gasteiger partial charge >= 0.3 is 0 Å². The summed E-state index contributed by atoms with van der Waals surface area (Å²) in [5, 5.41) is 0. The van der Waals surface area contributed by atoms with E-state index in [1.54, 1.807) is 6.92 Å². The van der Waals surface area contributed by atoms with Crippen LogP contribution in [-0.2, 0) is 10.0 Å². The third-order valence-corrected chi connectivity index (χ3v) is 6.45. The molecule has 0 bridgehead atoms. The van der Waals surface area contributed by atoms with E-state index in [0.29, 0.717) is 31.7 Å². The predicted molar refractivity (Wildman–Crippen MR) is 93.3 cm³/mol. The van der Waals surface area contributed by atoms with E-state index in [4.69, 9.17) is 0 Å². The van der Waals surface area contributed by atoms with Gasteiger partial charge in [0.25, 0.3) is 0 Å². The summed E-state index contributed by atoms with van der Waals surface area (Å²) in [6.45, 7) is 5.79. The molecule has 0 amide bonds. The lowest BCUT2D eigenvalue weighted by Gasteiger charge is -2.35. The number of anilines is 1. The van der Waals surface area contributed by atoms with Crippen LogP contribution < -0.4 is 4.90 Å². The fraction of sp³-hybridized carbons (Fsp3) is 0.333. The molecular weight excluding hydrogens is 327 g/mol. The summed E-state index contributed by atoms with van der Waals surface area (Å²) in [7, 11) is -3.58. The summed E-state index contributed by atoms with van der Waals surface area (Å²) in [5.74, 6) is -0.421. The minimum absolute atomic E-state index is 0.188. The van der Waals surface area contributed by atoms with Gasteiger partial charge in [0, 0.05) is 31.9 Å². The molecule has 6 heteroatoms. The maximum absolute atomic E-state index is 13.2. The molecular formula is C18H21FN2O2S. The average molecular weight is 348 g/mol. The molecule has 0 radical (unpaired) electrons. The SMILES string of the molecule is Cc1ccc(N2CCN(S(=O)(=O)c3ccc(F)cc3C)CC2)cc1. The van der Waals surface area contributed by atoms with Crippen molar-refractivity contribution >= 4 is 15.7 Å². The molecule has 0 aliphatic carbocycles. The molecule has 1 heterocycles. The molecule has 24 heavy (non-hydrogen) atoms. The van der Waals surface area contributed by atoms with Gasteiger partial charge in [-0.05, 0) is 49.7 Å². The highest BCUT2D eigenvalue weighted by Gasteiger charge is 2.29. The van der Waals surface area contributed by atoms with Crippen LogP contribution in [0.15, 0.2) is 47.4 Å². The molecule has 0 saturated carbocycles. The summed E-state index contributed by atoms with van der Waals surface area (Å²) in [6, 6.07) is 12.0. The molecule has 0 N–H and O–H groups in total. The lowest BCUT2D eigenvalue weighted by atomic mass is 10.2. The lowest BCUT2D eigenvalue weighted by Crippen LogP contribution is -2.48. The zero-order valence-electron chi connectivity index (χ0n) is 13.9. The van der Waals surface area contributed by atoms with Crippen molar-refractivity contribution in [3.8, 4) is 0 Å². The van der Waals surface area contributed by atoms with E-state index in [9.17, 15) is 12.8 Å². The Morgan fingerprint density at radius 1 is 0.917 bits per heavy atom. The zero-order valence-corrected chi connectivity index (χ0v) is 14.7. The van der Waals surface area contributed by atoms with Crippen LogP contribution in [0, 0.1) is 19.7 Å². The van der Waals surface area contributed by atoms with E-state index >= 15 is 0 Å². The number of aryl methyl sites for hydroxylation is 2. The summed E-state index contributed by atoms with van der Waals surface area (Å²) < 4.78 is 40.3. The van der Waals surface area contributed by atoms with Gasteiger partial charge in [0.05, 0.1) is 4.90 Å². The normalized spacial score (nSPS) is 16.4. The fourth-order valence-electron chi connectivity index (χ4n) is 2.98. The van der Waals surface area contributed by atoms with Crippen LogP contribution in [-0.4, -0.2) is 38.9 Å². The van der Waals surface area contributed by atoms with Crippen molar-refractivity contribution in [3.05, 3.63) is 59.4 Å². The number of halogens is 1. The Morgan fingerprint density at radius 3 is 2.12 bits per heavy atom. The molecule has 3 rings (SSSR count). The molecule has 4 nitrogen and oxygen atoms in total. The summed E-state index contributed by atoms with van der Waals surface area (Å²) in [4.78, 5) is 2.37. The van der Waals surface area contributed by atoms with Gasteiger partial charge in [-0.3, -0.25) is 0 Å². The van der Waals surface area contributed by atoms with Crippen molar-refractivity contribution in [1.29, 1.82) is 0 Å². The number of benzene rings is 2. The van der Waals surface area contributed by atoms with Crippen molar-refractivity contribution in [2.24, 2.45) is 0 Å². The second-order valence-electron chi connectivity index (χ2n) is 6.14. The Kier molecular flexibility index (Phi) is 4.60. The molecule has 1 aliphatic heterocycles. The Bertz CT molecular complexity index is 827. The maximum Gasteiger partial charge on any atom is 0.243 e. The fourth-order valence-corrected chi connectivity index (χ4v) is 4.61. The van der Waals surface area contributed by atoms with Crippen LogP contribution in [0.1, 0.15) is 11.1 Å². The maximum atomic E-state index is 13.2. The predicted octanol–water partition coefficient (Wildman–Crippen LogP) is 2.95. The van der Waals surface area contributed by atoms with E-state index in [1.165, 1.54) is 28.1 Å². The Balaban J connectivity index is 1.75. The first kappa shape index (κ1) is 16.9. The number of sulfonamides is 1. The minimum atomic E-state index is -3.58. The van der Waals surface area contributed by atoms with Crippen LogP contribution in [0.5, 0.6) is 0 Å². The van der Waals surface area contributed by atoms with Crippen LogP contribution in [0.2, 0.25) is 0 Å². The van der Waals surface area contributed by atoms with Gasteiger partial charge < -0.3 is 4.90 Å². The molecule has 1 aliphatic rings. The van der Waals surface area contributed by atoms with E-state index < -0.39 is 15.8 Å². The molecule has 0 atom stereocenters. The average Bonchev–Trinajstić information content (AvgIpc) is 2.55. The van der Waals surface area contributed by atoms with Gasteiger partial charge in [-0.25, -0.2) is 12.8 Å². The standard InChI is InChI=1S/C18H21FN2O2S/c1-14-3-6-17(7-4-14)20-9-11-21(12-10-20)24(22,23)18-8-5-16(19)13-15(18)2/h3-8,13H,9-12H2,1-2H3. The van der Waals surface area contributed by atoms with Gasteiger partial charge in [0.2, 0.25) is 10.0 Å². The van der Waals surface area contributed by atoms with Crippen molar-refractivity contribution in [2.45, 2.75) is 18.7 Å². The Labute approximate surface area is 142 Å². The van der Waals surface area contributed by atoms with Gasteiger partial charge in [-0.1, -0.05) is 17.7 Å². The first-order chi connectivity index (χ1) is 11.4. The monoisotopic (exact) mass is 348 g/mol. The quantitative estimate of drug-likeness (QED) is 0.856. The Morgan fingerprint density at radius 2 is 1.54 bits per heavy atom. The van der Waals surface area contributed by atoms with Crippen molar-refractivity contribution in [1.82, 2.24) is 4.31 Å². The van der Waals surface area contributed by atoms with E-state index in [0.717, 1.165) is 5.69 Å². The van der Waals surface area contributed by atoms with E-state index in [2.05, 4.69) is 29.2 Å². The number of nitrogens with zero attached hydrogens (tertiary/aromatic N) is 2. The molecule has 0 spiro atoms. The van der Waals surface area contributed by atoms with Crippen LogP contribution in [0.4, 0.5) is 10.1 Å². The Hall–Kier alpha value is -1.92. The smallest absolute Gasteiger partial charge is 0.243 e. The van der Waals surface area contributed by atoms with Crippen molar-refractivity contribution in [3.63, 3.8) is 0 Å². The second kappa shape index (κ2) is 6.53. The summed E-state index contributed by atoms with van der Waals surface area (Å²) in [6.07, 6.45) is 0. The highest BCUT2D eigenvalue weighted by Crippen LogP contribution is 2.24. The third kappa shape index (κ3) is 3.30. The first-order valence-electron chi connectivity index (χ1n) is 7.96. The van der Waals surface area contributed by atoms with E-state index in [-0.39, 0.29) is 4.90 Å². The van der Waals surface area contributed by atoms with E-state index in [1.807, 2.05) is 6.92 Å². The minimum Gasteiger partial charge on any atom is -0.369 e. The second-order valence-corrected chi connectivity index (χ2v) is 8.04. The van der Waals surface area contributed by atoms with Crippen LogP contribution in [0.3, 0.4) is 0 Å². The van der Waals surface area contributed by atoms with Crippen molar-refractivity contribution in [2.75, 3.05) is 31.1 Å². The highest BCUT2D eigenvalue weighted by molar-refractivity contribution is 7.89. The summed E-state index contributed by atoms with van der Waals surface area (Å²) in [5.41, 5.74) is 2.75. The largest absolute Gasteiger partial charge is 0.369 e. The van der Waals surface area contributed by atoms with Gasteiger partial charge in [0.1, 0.15) is 5.82 Å². The molecule has 0 unspecified atom stereocenters. The molecule has 2 aromatic rings. The van der Waals surface area contributed by atoms with Crippen LogP contribution >= 0.6 is 0 Å². The van der Waals surface area contributed by atoms with Gasteiger partial charge in [-0.2, -0.15) is 4.31 Å². The molecule has 1 fully saturated rings. The molecule has 0 aromatic heterocycles. The van der Waals surface area contributed by atoms with Crippen LogP contribution in [0.25, 0.3) is 0 Å².